The molecule has 11 heteroatoms. The van der Waals surface area contributed by atoms with Crippen LogP contribution in [-0.2, 0) is 22.7 Å². The quantitative estimate of drug-likeness (QED) is 0.465. The Kier molecular flexibility index (Phi) is 9.43. The molecule has 0 spiro atoms. The molecule has 1 saturated carbocycles. The number of carbonyl (C=O) groups excluding carboxylic acids is 1. The molecule has 0 aromatic carbocycles. The van der Waals surface area contributed by atoms with Crippen LogP contribution in [0, 0.1) is 12.8 Å². The summed E-state index contributed by atoms with van der Waals surface area (Å²) in [6, 6.07) is 1.58. The Morgan fingerprint density at radius 3 is 2.53 bits per heavy atom. The third-order valence-corrected chi connectivity index (χ3v) is 8.48. The molecule has 1 aliphatic rings. The van der Waals surface area contributed by atoms with Gasteiger partial charge in [-0.2, -0.15) is 8.78 Å². The number of amides is 1. The number of imidazole rings is 1. The van der Waals surface area contributed by atoms with Crippen LogP contribution in [0.4, 0.5) is 8.78 Å². The molecule has 3 rings (SSSR count). The van der Waals surface area contributed by atoms with Gasteiger partial charge in [0.15, 0.2) is 11.6 Å². The number of halogens is 2. The van der Waals surface area contributed by atoms with Gasteiger partial charge in [-0.25, -0.2) is 18.4 Å². The third-order valence-electron chi connectivity index (χ3n) is 6.80. The zero-order valence-corrected chi connectivity index (χ0v) is 22.2. The molecule has 1 amide bonds. The summed E-state index contributed by atoms with van der Waals surface area (Å²) < 4.78 is 56.4. The molecule has 1 fully saturated rings. The fourth-order valence-corrected chi connectivity index (χ4v) is 5.85. The lowest BCUT2D eigenvalue weighted by Gasteiger charge is -2.27. The molecule has 0 bridgehead atoms. The summed E-state index contributed by atoms with van der Waals surface area (Å²) in [5.74, 6) is 0.476. The van der Waals surface area contributed by atoms with E-state index in [1.807, 2.05) is 13.8 Å². The van der Waals surface area contributed by atoms with E-state index in [1.54, 1.807) is 23.8 Å². The number of pyridine rings is 1. The van der Waals surface area contributed by atoms with E-state index >= 15 is 0 Å². The molecule has 36 heavy (non-hydrogen) atoms. The van der Waals surface area contributed by atoms with Crippen LogP contribution in [0.2, 0.25) is 0 Å². The van der Waals surface area contributed by atoms with Crippen molar-refractivity contribution in [3.63, 3.8) is 0 Å². The molecule has 2 heterocycles. The normalized spacial score (nSPS) is 18.4. The van der Waals surface area contributed by atoms with Crippen molar-refractivity contribution < 1.29 is 26.7 Å². The molecule has 2 aromatic heterocycles. The van der Waals surface area contributed by atoms with Crippen LogP contribution >= 0.6 is 0 Å². The van der Waals surface area contributed by atoms with E-state index < -0.39 is 16.4 Å². The van der Waals surface area contributed by atoms with Crippen molar-refractivity contribution in [3.8, 4) is 11.6 Å². The van der Waals surface area contributed by atoms with Crippen LogP contribution in [-0.4, -0.2) is 53.5 Å². The fourth-order valence-electron chi connectivity index (χ4n) is 4.72. The predicted octanol–water partition coefficient (Wildman–Crippen LogP) is 4.42. The zero-order valence-electron chi connectivity index (χ0n) is 21.4. The molecular formula is C25H36F2N4O4S. The second-order valence-electron chi connectivity index (χ2n) is 9.48. The van der Waals surface area contributed by atoms with Gasteiger partial charge in [-0.15, -0.1) is 0 Å². The third kappa shape index (κ3) is 6.80. The maximum Gasteiger partial charge on any atom is 0.387 e. The molecular weight excluding hydrogens is 490 g/mol. The van der Waals surface area contributed by atoms with E-state index in [0.29, 0.717) is 43.7 Å². The van der Waals surface area contributed by atoms with E-state index in [-0.39, 0.29) is 34.3 Å². The molecule has 0 saturated heterocycles. The average molecular weight is 527 g/mol. The van der Waals surface area contributed by atoms with Crippen molar-refractivity contribution >= 4 is 15.7 Å². The first-order chi connectivity index (χ1) is 17.0. The molecule has 0 aliphatic heterocycles. The van der Waals surface area contributed by atoms with Crippen LogP contribution in [0.1, 0.15) is 79.9 Å². The van der Waals surface area contributed by atoms with Crippen LogP contribution in [0.3, 0.4) is 0 Å². The van der Waals surface area contributed by atoms with Gasteiger partial charge in [0.25, 0.3) is 5.91 Å². The van der Waals surface area contributed by atoms with Gasteiger partial charge in [0.1, 0.15) is 21.4 Å². The van der Waals surface area contributed by atoms with Gasteiger partial charge in [-0.05, 0) is 63.0 Å². The number of aromatic nitrogens is 3. The smallest absolute Gasteiger partial charge is 0.387 e. The molecule has 1 aliphatic carbocycles. The molecule has 200 valence electrons. The summed E-state index contributed by atoms with van der Waals surface area (Å²) in [7, 11) is -3.04. The van der Waals surface area contributed by atoms with E-state index in [1.165, 1.54) is 6.26 Å². The first-order valence-corrected chi connectivity index (χ1v) is 14.5. The number of hydrogen-bond donors (Lipinski definition) is 1. The highest BCUT2D eigenvalue weighted by atomic mass is 32.2. The van der Waals surface area contributed by atoms with Gasteiger partial charge in [0.05, 0.1) is 10.9 Å². The standard InChI is InChI=1S/C25H36F2N4O4S/c1-5-7-8-18-13-20(35-25(26)27)23(28-15-18)31-16(3)22(30-21(31)6-2)24(32)29-14-17-9-11-19(12-10-17)36(4,33)34/h13,15,17,19,25H,5-12,14H2,1-4H3,(H,29,32). The number of hydrogen-bond acceptors (Lipinski definition) is 6. The molecule has 8 nitrogen and oxygen atoms in total. The van der Waals surface area contributed by atoms with E-state index in [2.05, 4.69) is 15.3 Å². The lowest BCUT2D eigenvalue weighted by Crippen LogP contribution is -2.34. The molecule has 0 radical (unpaired) electrons. The predicted molar refractivity (Wildman–Crippen MR) is 134 cm³/mol. The van der Waals surface area contributed by atoms with Gasteiger partial charge in [-0.3, -0.25) is 9.36 Å². The van der Waals surface area contributed by atoms with Crippen LogP contribution < -0.4 is 10.1 Å². The van der Waals surface area contributed by atoms with Crippen LogP contribution in [0.25, 0.3) is 5.82 Å². The van der Waals surface area contributed by atoms with Gasteiger partial charge in [-0.1, -0.05) is 20.3 Å². The first-order valence-electron chi connectivity index (χ1n) is 12.5. The number of ether oxygens (including phenoxy) is 1. The van der Waals surface area contributed by atoms with Crippen LogP contribution in [0.15, 0.2) is 12.3 Å². The highest BCUT2D eigenvalue weighted by Crippen LogP contribution is 2.30. The molecule has 2 aromatic rings. The minimum atomic E-state index is -3.04. The lowest BCUT2D eigenvalue weighted by molar-refractivity contribution is -0.0501. The summed E-state index contributed by atoms with van der Waals surface area (Å²) in [6.07, 6.45) is 8.60. The number of rotatable bonds is 11. The van der Waals surface area contributed by atoms with Crippen molar-refractivity contribution in [3.05, 3.63) is 35.0 Å². The number of aryl methyl sites for hydroxylation is 2. The summed E-state index contributed by atoms with van der Waals surface area (Å²) in [4.78, 5) is 21.9. The Hall–Kier alpha value is -2.56. The average Bonchev–Trinajstić information content (AvgIpc) is 3.16. The maximum absolute atomic E-state index is 13.2. The topological polar surface area (TPSA) is 103 Å². The fraction of sp³-hybridized carbons (Fsp3) is 0.640. The summed E-state index contributed by atoms with van der Waals surface area (Å²) in [5, 5.41) is 2.62. The molecule has 1 N–H and O–H groups in total. The number of carbonyl (C=O) groups is 1. The number of nitrogens with one attached hydrogen (secondary N) is 1. The lowest BCUT2D eigenvalue weighted by atomic mass is 9.89. The van der Waals surface area contributed by atoms with Gasteiger partial charge < -0.3 is 10.1 Å². The monoisotopic (exact) mass is 526 g/mol. The summed E-state index contributed by atoms with van der Waals surface area (Å²) >= 11 is 0. The van der Waals surface area contributed by atoms with E-state index in [0.717, 1.165) is 31.2 Å². The minimum absolute atomic E-state index is 0.0524. The summed E-state index contributed by atoms with van der Waals surface area (Å²) in [6.45, 7) is 3.03. The first kappa shape index (κ1) is 28.0. The molecule has 0 atom stereocenters. The van der Waals surface area contributed by atoms with Crippen molar-refractivity contribution in [1.82, 2.24) is 19.9 Å². The Bertz CT molecular complexity index is 1160. The van der Waals surface area contributed by atoms with Gasteiger partial charge in [0.2, 0.25) is 0 Å². The van der Waals surface area contributed by atoms with Crippen molar-refractivity contribution in [2.24, 2.45) is 5.92 Å². The second kappa shape index (κ2) is 12.1. The zero-order chi connectivity index (χ0) is 26.5. The van der Waals surface area contributed by atoms with Crippen LogP contribution in [0.5, 0.6) is 5.75 Å². The number of nitrogens with zero attached hydrogens (tertiary/aromatic N) is 3. The Morgan fingerprint density at radius 2 is 1.94 bits per heavy atom. The van der Waals surface area contributed by atoms with Gasteiger partial charge in [0, 0.05) is 25.4 Å². The Balaban J connectivity index is 1.80. The Labute approximate surface area is 211 Å². The number of sulfone groups is 1. The number of alkyl halides is 2. The van der Waals surface area contributed by atoms with Crippen molar-refractivity contribution in [2.45, 2.75) is 84.0 Å². The number of unbranched alkanes of at least 4 members (excludes halogenated alkanes) is 1. The van der Waals surface area contributed by atoms with E-state index in [9.17, 15) is 22.0 Å². The second-order valence-corrected chi connectivity index (χ2v) is 11.8. The highest BCUT2D eigenvalue weighted by Gasteiger charge is 2.29. The van der Waals surface area contributed by atoms with Crippen molar-refractivity contribution in [1.29, 1.82) is 0 Å². The minimum Gasteiger partial charge on any atom is -0.431 e. The highest BCUT2D eigenvalue weighted by molar-refractivity contribution is 7.91. The maximum atomic E-state index is 13.2. The summed E-state index contributed by atoms with van der Waals surface area (Å²) in [5.41, 5.74) is 1.49. The SMILES string of the molecule is CCCCc1cnc(-n2c(CC)nc(C(=O)NCC3CCC(S(C)(=O)=O)CC3)c2C)c(OC(F)F)c1. The molecule has 0 unspecified atom stereocenters. The largest absolute Gasteiger partial charge is 0.431 e. The van der Waals surface area contributed by atoms with E-state index in [4.69, 9.17) is 4.74 Å². The van der Waals surface area contributed by atoms with Gasteiger partial charge >= 0.3 is 6.61 Å². The van der Waals surface area contributed by atoms with Crippen molar-refractivity contribution in [2.75, 3.05) is 12.8 Å². The Morgan fingerprint density at radius 1 is 1.25 bits per heavy atom.